The molecule has 0 saturated carbocycles. The van der Waals surface area contributed by atoms with Gasteiger partial charge in [-0.1, -0.05) is 12.1 Å². The van der Waals surface area contributed by atoms with E-state index in [1.807, 2.05) is 25.1 Å². The Labute approximate surface area is 217 Å². The van der Waals surface area contributed by atoms with Gasteiger partial charge < -0.3 is 14.6 Å². The van der Waals surface area contributed by atoms with Gasteiger partial charge in [0, 0.05) is 37.6 Å². The van der Waals surface area contributed by atoms with Crippen LogP contribution in [-0.2, 0) is 25.4 Å². The van der Waals surface area contributed by atoms with Crippen molar-refractivity contribution in [2.45, 2.75) is 39.8 Å². The van der Waals surface area contributed by atoms with E-state index in [0.717, 1.165) is 21.2 Å². The van der Waals surface area contributed by atoms with Gasteiger partial charge in [0.05, 0.1) is 17.8 Å². The molecule has 0 atom stereocenters. The Morgan fingerprint density at radius 2 is 1.74 bits per heavy atom. The molecule has 196 valence electrons. The van der Waals surface area contributed by atoms with Crippen LogP contribution in [0.4, 0.5) is 16.4 Å². The average Bonchev–Trinajstić information content (AvgIpc) is 3.37. The fraction of sp³-hybridized carbons (Fsp3) is 0.296. The van der Waals surface area contributed by atoms with E-state index in [-0.39, 0.29) is 17.7 Å². The molecule has 0 aliphatic heterocycles. The van der Waals surface area contributed by atoms with Gasteiger partial charge in [-0.15, -0.1) is 0 Å². The SMILES string of the molecule is Cc1ccc2cc(Cn3c(=O)c4c(nc(Nc5ccncc5)n4C)n(C)c3=O)n(C(=O)OC(C)(C)C)c2c1. The van der Waals surface area contributed by atoms with Crippen molar-refractivity contribution in [3.63, 3.8) is 0 Å². The number of nitrogens with one attached hydrogen (secondary N) is 1. The highest BCUT2D eigenvalue weighted by Gasteiger charge is 2.24. The number of benzene rings is 1. The molecule has 38 heavy (non-hydrogen) atoms. The molecule has 0 saturated heterocycles. The molecule has 5 rings (SSSR count). The number of anilines is 2. The summed E-state index contributed by atoms with van der Waals surface area (Å²) >= 11 is 0. The lowest BCUT2D eigenvalue weighted by atomic mass is 10.2. The van der Waals surface area contributed by atoms with Crippen molar-refractivity contribution in [2.75, 3.05) is 5.32 Å². The number of rotatable bonds is 4. The number of nitrogens with zero attached hydrogens (tertiary/aromatic N) is 6. The zero-order chi connectivity index (χ0) is 27.4. The molecule has 1 N–H and O–H groups in total. The monoisotopic (exact) mass is 515 g/mol. The second-order valence-corrected chi connectivity index (χ2v) is 10.3. The van der Waals surface area contributed by atoms with E-state index in [1.54, 1.807) is 70.0 Å². The normalized spacial score (nSPS) is 11.8. The Bertz CT molecular complexity index is 1820. The van der Waals surface area contributed by atoms with Crippen LogP contribution < -0.4 is 16.6 Å². The van der Waals surface area contributed by atoms with Crippen LogP contribution in [0, 0.1) is 6.92 Å². The highest BCUT2D eigenvalue weighted by molar-refractivity contribution is 5.91. The summed E-state index contributed by atoms with van der Waals surface area (Å²) in [5.74, 6) is 0.398. The summed E-state index contributed by atoms with van der Waals surface area (Å²) in [5.41, 5.74) is 1.50. The predicted molar refractivity (Wildman–Crippen MR) is 145 cm³/mol. The predicted octanol–water partition coefficient (Wildman–Crippen LogP) is 3.67. The van der Waals surface area contributed by atoms with Gasteiger partial charge in [-0.05, 0) is 57.5 Å². The molecule has 4 heterocycles. The number of aromatic nitrogens is 6. The van der Waals surface area contributed by atoms with Crippen molar-refractivity contribution in [1.82, 2.24) is 28.2 Å². The van der Waals surface area contributed by atoms with E-state index in [1.165, 1.54) is 9.13 Å². The standard InChI is InChI=1S/C27H29N7O4/c1-16-7-8-17-14-19(34(20(17)13-16)26(37)38-27(2,3)4)15-33-23(35)21-22(32(6)25(33)36)30-24(31(21)5)29-18-9-11-28-12-10-18/h7-14H,15H2,1-6H3,(H,28,29,30). The number of carbonyl (C=O) groups excluding carboxylic acids is 1. The van der Waals surface area contributed by atoms with Gasteiger partial charge in [-0.2, -0.15) is 4.98 Å². The number of hydrogen-bond acceptors (Lipinski definition) is 7. The first-order valence-electron chi connectivity index (χ1n) is 12.1. The van der Waals surface area contributed by atoms with Crippen molar-refractivity contribution < 1.29 is 9.53 Å². The number of fused-ring (bicyclic) bond motifs is 2. The Morgan fingerprint density at radius 3 is 2.42 bits per heavy atom. The Balaban J connectivity index is 1.66. The number of pyridine rings is 1. The van der Waals surface area contributed by atoms with Crippen LogP contribution in [0.25, 0.3) is 22.1 Å². The molecule has 0 bridgehead atoms. The molecule has 1 aromatic carbocycles. The molecule has 11 nitrogen and oxygen atoms in total. The number of imidazole rings is 1. The molecule has 0 radical (unpaired) electrons. The van der Waals surface area contributed by atoms with E-state index in [9.17, 15) is 14.4 Å². The van der Waals surface area contributed by atoms with Crippen LogP contribution in [0.5, 0.6) is 0 Å². The molecule has 0 amide bonds. The highest BCUT2D eigenvalue weighted by Crippen LogP contribution is 2.24. The summed E-state index contributed by atoms with van der Waals surface area (Å²) in [5, 5.41) is 3.95. The number of carbonyl (C=O) groups is 1. The maximum atomic E-state index is 13.7. The first-order valence-corrected chi connectivity index (χ1v) is 12.1. The quantitative estimate of drug-likeness (QED) is 0.388. The van der Waals surface area contributed by atoms with Crippen molar-refractivity contribution in [2.24, 2.45) is 14.1 Å². The zero-order valence-corrected chi connectivity index (χ0v) is 22.1. The summed E-state index contributed by atoms with van der Waals surface area (Å²) in [7, 11) is 3.27. The number of ether oxygens (including phenoxy) is 1. The summed E-state index contributed by atoms with van der Waals surface area (Å²) in [6, 6.07) is 11.1. The third-order valence-electron chi connectivity index (χ3n) is 6.23. The lowest BCUT2D eigenvalue weighted by Gasteiger charge is -2.21. The second-order valence-electron chi connectivity index (χ2n) is 10.3. The molecular formula is C27H29N7O4. The van der Waals surface area contributed by atoms with Crippen LogP contribution in [0.15, 0.2) is 58.4 Å². The fourth-order valence-corrected chi connectivity index (χ4v) is 4.43. The van der Waals surface area contributed by atoms with Gasteiger partial charge in [-0.3, -0.25) is 18.9 Å². The topological polar surface area (TPSA) is 118 Å². The molecule has 0 aliphatic rings. The fourth-order valence-electron chi connectivity index (χ4n) is 4.43. The third-order valence-corrected chi connectivity index (χ3v) is 6.23. The van der Waals surface area contributed by atoms with E-state index < -0.39 is 22.9 Å². The van der Waals surface area contributed by atoms with Gasteiger partial charge in [-0.25, -0.2) is 14.2 Å². The minimum Gasteiger partial charge on any atom is -0.443 e. The summed E-state index contributed by atoms with van der Waals surface area (Å²) in [6.45, 7) is 7.16. The van der Waals surface area contributed by atoms with E-state index >= 15 is 0 Å². The Kier molecular flexibility index (Phi) is 5.93. The van der Waals surface area contributed by atoms with E-state index in [2.05, 4.69) is 15.3 Å². The van der Waals surface area contributed by atoms with Crippen LogP contribution in [0.3, 0.4) is 0 Å². The van der Waals surface area contributed by atoms with Gasteiger partial charge in [0.2, 0.25) is 5.95 Å². The Morgan fingerprint density at radius 1 is 1.03 bits per heavy atom. The number of aryl methyl sites for hydroxylation is 3. The van der Waals surface area contributed by atoms with Crippen molar-refractivity contribution in [1.29, 1.82) is 0 Å². The third kappa shape index (κ3) is 4.36. The van der Waals surface area contributed by atoms with Gasteiger partial charge in [0.1, 0.15) is 5.60 Å². The van der Waals surface area contributed by atoms with Crippen LogP contribution >= 0.6 is 0 Å². The van der Waals surface area contributed by atoms with Crippen LogP contribution in [0.2, 0.25) is 0 Å². The lowest BCUT2D eigenvalue weighted by molar-refractivity contribution is 0.0540. The maximum Gasteiger partial charge on any atom is 0.419 e. The van der Waals surface area contributed by atoms with Crippen LogP contribution in [0.1, 0.15) is 32.0 Å². The molecule has 5 aromatic rings. The summed E-state index contributed by atoms with van der Waals surface area (Å²) in [4.78, 5) is 48.9. The minimum atomic E-state index is -0.729. The molecular weight excluding hydrogens is 486 g/mol. The molecule has 0 unspecified atom stereocenters. The largest absolute Gasteiger partial charge is 0.443 e. The molecule has 0 spiro atoms. The average molecular weight is 516 g/mol. The Hall–Kier alpha value is -4.67. The minimum absolute atomic E-state index is 0.132. The van der Waals surface area contributed by atoms with E-state index in [0.29, 0.717) is 17.2 Å². The highest BCUT2D eigenvalue weighted by atomic mass is 16.6. The van der Waals surface area contributed by atoms with Crippen molar-refractivity contribution in [3.8, 4) is 0 Å². The zero-order valence-electron chi connectivity index (χ0n) is 22.1. The van der Waals surface area contributed by atoms with Crippen LogP contribution in [-0.4, -0.2) is 39.9 Å². The molecule has 0 aliphatic carbocycles. The van der Waals surface area contributed by atoms with Crippen molar-refractivity contribution in [3.05, 3.63) is 80.9 Å². The second kappa shape index (κ2) is 9.02. The summed E-state index contributed by atoms with van der Waals surface area (Å²) in [6.07, 6.45) is 2.70. The van der Waals surface area contributed by atoms with Gasteiger partial charge in [0.15, 0.2) is 11.2 Å². The smallest absolute Gasteiger partial charge is 0.419 e. The molecule has 11 heteroatoms. The maximum absolute atomic E-state index is 13.7. The first-order chi connectivity index (χ1) is 17.9. The molecule has 0 fully saturated rings. The molecule has 4 aromatic heterocycles. The van der Waals surface area contributed by atoms with E-state index in [4.69, 9.17) is 4.74 Å². The van der Waals surface area contributed by atoms with Gasteiger partial charge >= 0.3 is 11.8 Å². The van der Waals surface area contributed by atoms with Gasteiger partial charge in [0.25, 0.3) is 5.56 Å². The number of hydrogen-bond donors (Lipinski definition) is 1. The van der Waals surface area contributed by atoms with Crippen molar-refractivity contribution >= 4 is 39.8 Å². The lowest BCUT2D eigenvalue weighted by Crippen LogP contribution is -2.40. The summed E-state index contributed by atoms with van der Waals surface area (Å²) < 4.78 is 11.2. The first kappa shape index (κ1) is 25.0.